The van der Waals surface area contributed by atoms with Crippen molar-refractivity contribution in [1.29, 1.82) is 0 Å². The zero-order valence-electron chi connectivity index (χ0n) is 16.6. The number of nitrogens with zero attached hydrogens (tertiary/aromatic N) is 2. The third kappa shape index (κ3) is 6.09. The molecule has 1 N–H and O–H groups in total. The number of guanidine groups is 1. The van der Waals surface area contributed by atoms with Gasteiger partial charge >= 0.3 is 0 Å². The lowest BCUT2D eigenvalue weighted by molar-refractivity contribution is 0.181. The molecule has 26 heavy (non-hydrogen) atoms. The highest BCUT2D eigenvalue weighted by molar-refractivity contribution is 5.79. The Morgan fingerprint density at radius 1 is 1.38 bits per heavy atom. The van der Waals surface area contributed by atoms with Gasteiger partial charge in [-0.3, -0.25) is 4.99 Å². The maximum absolute atomic E-state index is 5.65. The zero-order valence-corrected chi connectivity index (χ0v) is 16.6. The molecule has 0 aromatic heterocycles. The molecule has 6 nitrogen and oxygen atoms in total. The summed E-state index contributed by atoms with van der Waals surface area (Å²) >= 11 is 0. The van der Waals surface area contributed by atoms with Crippen LogP contribution in [0.1, 0.15) is 25.3 Å². The molecule has 1 aliphatic heterocycles. The molecule has 0 aliphatic carbocycles. The Balaban J connectivity index is 1.76. The summed E-state index contributed by atoms with van der Waals surface area (Å²) < 4.78 is 16.4. The molecule has 1 aliphatic rings. The van der Waals surface area contributed by atoms with Gasteiger partial charge in [0.2, 0.25) is 0 Å². The molecule has 0 amide bonds. The molecule has 2 rings (SSSR count). The third-order valence-corrected chi connectivity index (χ3v) is 4.58. The predicted molar refractivity (Wildman–Crippen MR) is 105 cm³/mol. The number of aryl methyl sites for hydroxylation is 1. The molecule has 0 spiro atoms. The normalized spacial score (nSPS) is 17.2. The summed E-state index contributed by atoms with van der Waals surface area (Å²) in [6.07, 6.45) is 3.15. The molecule has 146 valence electrons. The van der Waals surface area contributed by atoms with E-state index in [1.807, 2.05) is 20.0 Å². The topological polar surface area (TPSA) is 55.3 Å². The van der Waals surface area contributed by atoms with Crippen molar-refractivity contribution >= 4 is 5.96 Å². The highest BCUT2D eigenvalue weighted by Crippen LogP contribution is 2.28. The minimum Gasteiger partial charge on any atom is -0.493 e. The van der Waals surface area contributed by atoms with Crippen LogP contribution < -0.4 is 14.8 Å². The summed E-state index contributed by atoms with van der Waals surface area (Å²) in [5.74, 6) is 3.15. The van der Waals surface area contributed by atoms with Crippen LogP contribution in [0.2, 0.25) is 0 Å². The van der Waals surface area contributed by atoms with E-state index in [9.17, 15) is 0 Å². The fraction of sp³-hybridized carbons (Fsp3) is 0.650. The smallest absolute Gasteiger partial charge is 0.193 e. The van der Waals surface area contributed by atoms with E-state index in [0.29, 0.717) is 12.5 Å². The van der Waals surface area contributed by atoms with Gasteiger partial charge in [-0.2, -0.15) is 0 Å². The minimum atomic E-state index is 0.606. The van der Waals surface area contributed by atoms with Crippen LogP contribution >= 0.6 is 0 Å². The van der Waals surface area contributed by atoms with Crippen LogP contribution in [0.4, 0.5) is 0 Å². The third-order valence-electron chi connectivity index (χ3n) is 4.58. The number of benzene rings is 1. The van der Waals surface area contributed by atoms with Crippen LogP contribution in [0.15, 0.2) is 23.2 Å². The molecule has 0 bridgehead atoms. The first kappa shape index (κ1) is 20.4. The first-order valence-electron chi connectivity index (χ1n) is 9.47. The van der Waals surface area contributed by atoms with Crippen LogP contribution in [0, 0.1) is 5.92 Å². The Bertz CT molecular complexity index is 571. The summed E-state index contributed by atoms with van der Waals surface area (Å²) in [6.45, 7) is 6.23. The molecule has 1 saturated heterocycles. The summed E-state index contributed by atoms with van der Waals surface area (Å²) in [5, 5.41) is 3.45. The second kappa shape index (κ2) is 10.9. The zero-order chi connectivity index (χ0) is 18.8. The summed E-state index contributed by atoms with van der Waals surface area (Å²) in [7, 11) is 5.59. The van der Waals surface area contributed by atoms with E-state index in [1.54, 1.807) is 7.11 Å². The van der Waals surface area contributed by atoms with Gasteiger partial charge in [0, 0.05) is 39.7 Å². The standard InChI is InChI=1S/C20H33N3O3/c1-5-26-19-13-16(8-9-18(19)24-4)7-6-11-22-20(21-2)23(3)14-17-10-12-25-15-17/h8-9,13,17H,5-7,10-12,14-15H2,1-4H3,(H,21,22). The van der Waals surface area contributed by atoms with Crippen molar-refractivity contribution in [3.63, 3.8) is 0 Å². The van der Waals surface area contributed by atoms with Gasteiger partial charge < -0.3 is 24.4 Å². The highest BCUT2D eigenvalue weighted by atomic mass is 16.5. The van der Waals surface area contributed by atoms with Gasteiger partial charge in [-0.1, -0.05) is 6.07 Å². The second-order valence-electron chi connectivity index (χ2n) is 6.61. The molecule has 0 radical (unpaired) electrons. The quantitative estimate of drug-likeness (QED) is 0.415. The molecule has 6 heteroatoms. The van der Waals surface area contributed by atoms with E-state index in [1.165, 1.54) is 5.56 Å². The van der Waals surface area contributed by atoms with Gasteiger partial charge in [-0.25, -0.2) is 0 Å². The maximum Gasteiger partial charge on any atom is 0.193 e. The van der Waals surface area contributed by atoms with Crippen LogP contribution in [0.5, 0.6) is 11.5 Å². The summed E-state index contributed by atoms with van der Waals surface area (Å²) in [4.78, 5) is 6.58. The Kier molecular flexibility index (Phi) is 8.54. The number of nitrogens with one attached hydrogen (secondary N) is 1. The fourth-order valence-electron chi connectivity index (χ4n) is 3.22. The Morgan fingerprint density at radius 2 is 2.23 bits per heavy atom. The SMILES string of the molecule is CCOc1cc(CCCNC(=NC)N(C)CC2CCOC2)ccc1OC. The van der Waals surface area contributed by atoms with E-state index < -0.39 is 0 Å². The first-order valence-corrected chi connectivity index (χ1v) is 9.47. The van der Waals surface area contributed by atoms with E-state index in [4.69, 9.17) is 14.2 Å². The highest BCUT2D eigenvalue weighted by Gasteiger charge is 2.18. The number of ether oxygens (including phenoxy) is 3. The largest absolute Gasteiger partial charge is 0.493 e. The van der Waals surface area contributed by atoms with Crippen molar-refractivity contribution in [3.05, 3.63) is 23.8 Å². The molecule has 0 saturated carbocycles. The van der Waals surface area contributed by atoms with Crippen molar-refractivity contribution in [3.8, 4) is 11.5 Å². The van der Waals surface area contributed by atoms with Gasteiger partial charge in [-0.05, 0) is 43.9 Å². The van der Waals surface area contributed by atoms with Crippen LogP contribution in [0.25, 0.3) is 0 Å². The lowest BCUT2D eigenvalue weighted by atomic mass is 10.1. The fourth-order valence-corrected chi connectivity index (χ4v) is 3.22. The Labute approximate surface area is 157 Å². The van der Waals surface area contributed by atoms with Crippen LogP contribution in [-0.4, -0.2) is 65.0 Å². The molecule has 1 aromatic carbocycles. The second-order valence-corrected chi connectivity index (χ2v) is 6.61. The number of methoxy groups -OCH3 is 1. The average molecular weight is 364 g/mol. The lowest BCUT2D eigenvalue weighted by Gasteiger charge is -2.24. The van der Waals surface area contributed by atoms with Crippen LogP contribution in [0.3, 0.4) is 0 Å². The van der Waals surface area contributed by atoms with E-state index >= 15 is 0 Å². The number of hydrogen-bond acceptors (Lipinski definition) is 4. The first-order chi connectivity index (χ1) is 12.7. The van der Waals surface area contributed by atoms with Crippen molar-refractivity contribution < 1.29 is 14.2 Å². The predicted octanol–water partition coefficient (Wildman–Crippen LogP) is 2.57. The van der Waals surface area contributed by atoms with Crippen LogP contribution in [-0.2, 0) is 11.2 Å². The molecule has 1 unspecified atom stereocenters. The minimum absolute atomic E-state index is 0.606. The summed E-state index contributed by atoms with van der Waals surface area (Å²) in [5.41, 5.74) is 1.25. The van der Waals surface area contributed by atoms with Gasteiger partial charge in [0.05, 0.1) is 20.3 Å². The molecule has 1 atom stereocenters. The van der Waals surface area contributed by atoms with Gasteiger partial charge in [0.25, 0.3) is 0 Å². The van der Waals surface area contributed by atoms with E-state index in [2.05, 4.69) is 34.4 Å². The van der Waals surface area contributed by atoms with Crippen molar-refractivity contribution in [2.75, 3.05) is 54.1 Å². The molecule has 1 aromatic rings. The number of hydrogen-bond donors (Lipinski definition) is 1. The van der Waals surface area contributed by atoms with Gasteiger partial charge in [0.1, 0.15) is 0 Å². The van der Waals surface area contributed by atoms with Crippen molar-refractivity contribution in [2.24, 2.45) is 10.9 Å². The monoisotopic (exact) mass is 363 g/mol. The number of rotatable bonds is 9. The average Bonchev–Trinajstić information content (AvgIpc) is 3.15. The molecule has 1 fully saturated rings. The van der Waals surface area contributed by atoms with E-state index in [-0.39, 0.29) is 0 Å². The molecular formula is C20H33N3O3. The van der Waals surface area contributed by atoms with E-state index in [0.717, 1.165) is 63.0 Å². The molecular weight excluding hydrogens is 330 g/mol. The Morgan fingerprint density at radius 3 is 2.88 bits per heavy atom. The summed E-state index contributed by atoms with van der Waals surface area (Å²) in [6, 6.07) is 6.15. The lowest BCUT2D eigenvalue weighted by Crippen LogP contribution is -2.41. The van der Waals surface area contributed by atoms with Gasteiger partial charge in [0.15, 0.2) is 17.5 Å². The molecule has 1 heterocycles. The van der Waals surface area contributed by atoms with Gasteiger partial charge in [-0.15, -0.1) is 0 Å². The van der Waals surface area contributed by atoms with Crippen molar-refractivity contribution in [2.45, 2.75) is 26.2 Å². The Hall–Kier alpha value is -1.95. The number of aliphatic imine (C=N–C) groups is 1. The maximum atomic E-state index is 5.65. The van der Waals surface area contributed by atoms with Crippen molar-refractivity contribution in [1.82, 2.24) is 10.2 Å².